The number of ether oxygens (including phenoxy) is 2. The number of hydrogen-bond donors (Lipinski definition) is 1. The fraction of sp³-hybridized carbons (Fsp3) is 0.200. The molecule has 1 amide bonds. The van der Waals surface area contributed by atoms with Gasteiger partial charge in [-0.1, -0.05) is 42.5 Å². The molecule has 37 heavy (non-hydrogen) atoms. The first-order chi connectivity index (χ1) is 18.0. The summed E-state index contributed by atoms with van der Waals surface area (Å²) < 4.78 is 11.4. The molecule has 2 aromatic carbocycles. The number of H-pyrrole nitrogens is 1. The molecular weight excluding hydrogens is 486 g/mol. The molecule has 0 aliphatic carbocycles. The Morgan fingerprint density at radius 2 is 2.05 bits per heavy atom. The molecule has 5 rings (SSSR count). The molecule has 0 bridgehead atoms. The van der Waals surface area contributed by atoms with Crippen molar-refractivity contribution >= 4 is 39.5 Å². The second-order valence-electron chi connectivity index (χ2n) is 8.80. The molecule has 0 fully saturated rings. The summed E-state index contributed by atoms with van der Waals surface area (Å²) in [6, 6.07) is 17.1. The SMILES string of the molecule is C=C(C=CC(=CC)Oc1ccc2ccccc2n1)C1c2[nH]c3ccc(Cl)cc3c2CCN1C(=O)OCC. The lowest BCUT2D eigenvalue weighted by atomic mass is 9.93. The Bertz CT molecular complexity index is 1550. The van der Waals surface area contributed by atoms with E-state index in [0.29, 0.717) is 36.2 Å². The highest BCUT2D eigenvalue weighted by Crippen LogP contribution is 2.39. The monoisotopic (exact) mass is 513 g/mol. The zero-order valence-corrected chi connectivity index (χ0v) is 21.6. The number of aromatic nitrogens is 2. The van der Waals surface area contributed by atoms with Crippen molar-refractivity contribution in [3.63, 3.8) is 0 Å². The van der Waals surface area contributed by atoms with E-state index in [1.54, 1.807) is 11.8 Å². The standard InChI is InChI=1S/C30H28ClN3O3/c1-4-22(37-27-15-11-20-8-6-7-9-25(20)32-27)13-10-19(3)29-28-23(16-17-34(29)30(35)36-5-2)24-18-21(31)12-14-26(24)33-28/h4,6-15,18,29,33H,3,5,16-17H2,1-2H3. The van der Waals surface area contributed by atoms with Crippen LogP contribution in [-0.2, 0) is 11.2 Å². The van der Waals surface area contributed by atoms with Crippen LogP contribution in [0.5, 0.6) is 5.88 Å². The molecule has 1 N–H and O–H groups in total. The van der Waals surface area contributed by atoms with Crippen LogP contribution < -0.4 is 4.74 Å². The topological polar surface area (TPSA) is 67.5 Å². The van der Waals surface area contributed by atoms with Gasteiger partial charge in [0.05, 0.1) is 12.1 Å². The molecule has 1 unspecified atom stereocenters. The molecule has 0 saturated heterocycles. The molecule has 7 heteroatoms. The number of pyridine rings is 1. The van der Waals surface area contributed by atoms with Gasteiger partial charge in [-0.15, -0.1) is 0 Å². The normalized spacial score (nSPS) is 15.8. The van der Waals surface area contributed by atoms with Gasteiger partial charge in [-0.05, 0) is 73.9 Å². The number of para-hydroxylation sites is 1. The molecule has 1 aliphatic rings. The van der Waals surface area contributed by atoms with Gasteiger partial charge in [-0.3, -0.25) is 4.90 Å². The minimum absolute atomic E-state index is 0.300. The molecule has 1 atom stereocenters. The third kappa shape index (κ3) is 4.98. The zero-order chi connectivity index (χ0) is 25.9. The van der Waals surface area contributed by atoms with Crippen LogP contribution in [0.4, 0.5) is 4.79 Å². The van der Waals surface area contributed by atoms with Gasteiger partial charge >= 0.3 is 6.09 Å². The van der Waals surface area contributed by atoms with E-state index in [1.807, 2.05) is 79.7 Å². The first kappa shape index (κ1) is 24.7. The molecule has 2 aromatic heterocycles. The molecule has 188 valence electrons. The number of nitrogens with one attached hydrogen (secondary N) is 1. The number of fused-ring (bicyclic) bond motifs is 4. The smallest absolute Gasteiger partial charge is 0.410 e. The molecule has 1 aliphatic heterocycles. The maximum atomic E-state index is 12.9. The van der Waals surface area contributed by atoms with Crippen LogP contribution in [0.1, 0.15) is 31.1 Å². The number of amides is 1. The van der Waals surface area contributed by atoms with E-state index >= 15 is 0 Å². The number of carbonyl (C=O) groups is 1. The Labute approximate surface area is 220 Å². The predicted molar refractivity (Wildman–Crippen MR) is 148 cm³/mol. The first-order valence-corrected chi connectivity index (χ1v) is 12.7. The minimum Gasteiger partial charge on any atom is -0.450 e. The maximum Gasteiger partial charge on any atom is 0.410 e. The van der Waals surface area contributed by atoms with Gasteiger partial charge in [-0.2, -0.15) is 0 Å². The lowest BCUT2D eigenvalue weighted by Crippen LogP contribution is -2.41. The fourth-order valence-electron chi connectivity index (χ4n) is 4.74. The van der Waals surface area contributed by atoms with Crippen molar-refractivity contribution in [3.05, 3.63) is 107 Å². The van der Waals surface area contributed by atoms with Crippen LogP contribution in [0, 0.1) is 0 Å². The number of aromatic amines is 1. The van der Waals surface area contributed by atoms with Gasteiger partial charge in [0, 0.05) is 39.6 Å². The maximum absolute atomic E-state index is 12.9. The number of hydrogen-bond acceptors (Lipinski definition) is 4. The lowest BCUT2D eigenvalue weighted by molar-refractivity contribution is 0.0931. The molecule has 0 spiro atoms. The van der Waals surface area contributed by atoms with Crippen LogP contribution in [0.3, 0.4) is 0 Å². The molecule has 4 aromatic rings. The highest BCUT2D eigenvalue weighted by atomic mass is 35.5. The van der Waals surface area contributed by atoms with Gasteiger partial charge in [0.25, 0.3) is 0 Å². The summed E-state index contributed by atoms with van der Waals surface area (Å²) in [5, 5.41) is 2.79. The van der Waals surface area contributed by atoms with Gasteiger partial charge in [0.2, 0.25) is 5.88 Å². The van der Waals surface area contributed by atoms with Gasteiger partial charge in [0.1, 0.15) is 11.8 Å². The predicted octanol–water partition coefficient (Wildman–Crippen LogP) is 7.52. The van der Waals surface area contributed by atoms with Crippen molar-refractivity contribution in [2.75, 3.05) is 13.2 Å². The summed E-state index contributed by atoms with van der Waals surface area (Å²) in [6.07, 6.45) is 5.91. The third-order valence-corrected chi connectivity index (χ3v) is 6.72. The van der Waals surface area contributed by atoms with E-state index in [4.69, 9.17) is 21.1 Å². The highest BCUT2D eigenvalue weighted by molar-refractivity contribution is 6.31. The summed E-state index contributed by atoms with van der Waals surface area (Å²) in [5.74, 6) is 1.12. The number of nitrogens with zero attached hydrogens (tertiary/aromatic N) is 2. The second-order valence-corrected chi connectivity index (χ2v) is 9.23. The van der Waals surface area contributed by atoms with E-state index in [2.05, 4.69) is 16.5 Å². The Hall–Kier alpha value is -4.03. The van der Waals surface area contributed by atoms with Crippen molar-refractivity contribution in [1.82, 2.24) is 14.9 Å². The largest absolute Gasteiger partial charge is 0.450 e. The summed E-state index contributed by atoms with van der Waals surface area (Å²) in [4.78, 5) is 22.7. The number of benzene rings is 2. The average Bonchev–Trinajstić information content (AvgIpc) is 3.28. The quantitative estimate of drug-likeness (QED) is 0.214. The number of carbonyl (C=O) groups excluding carboxylic acids is 1. The molecule has 3 heterocycles. The van der Waals surface area contributed by atoms with Crippen molar-refractivity contribution in [1.29, 1.82) is 0 Å². The second kappa shape index (κ2) is 10.5. The lowest BCUT2D eigenvalue weighted by Gasteiger charge is -2.35. The summed E-state index contributed by atoms with van der Waals surface area (Å²) in [7, 11) is 0. The van der Waals surface area contributed by atoms with E-state index < -0.39 is 6.04 Å². The fourth-order valence-corrected chi connectivity index (χ4v) is 4.92. The van der Waals surface area contributed by atoms with Crippen LogP contribution in [-0.4, -0.2) is 34.1 Å². The molecule has 6 nitrogen and oxygen atoms in total. The van der Waals surface area contributed by atoms with Gasteiger partial charge < -0.3 is 14.5 Å². The summed E-state index contributed by atoms with van der Waals surface area (Å²) >= 11 is 6.28. The van der Waals surface area contributed by atoms with E-state index in [1.165, 1.54) is 0 Å². The van der Waals surface area contributed by atoms with E-state index in [0.717, 1.165) is 38.6 Å². The number of halogens is 1. The minimum atomic E-state index is -0.415. The van der Waals surface area contributed by atoms with E-state index in [9.17, 15) is 4.79 Å². The Balaban J connectivity index is 1.44. The van der Waals surface area contributed by atoms with Gasteiger partial charge in [-0.25, -0.2) is 9.78 Å². The van der Waals surface area contributed by atoms with E-state index in [-0.39, 0.29) is 6.09 Å². The van der Waals surface area contributed by atoms with Crippen molar-refractivity contribution in [3.8, 4) is 5.88 Å². The highest BCUT2D eigenvalue weighted by Gasteiger charge is 2.35. The molecule has 0 saturated carbocycles. The first-order valence-electron chi connectivity index (χ1n) is 12.3. The van der Waals surface area contributed by atoms with Crippen LogP contribution in [0.2, 0.25) is 5.02 Å². The summed E-state index contributed by atoms with van der Waals surface area (Å²) in [6.45, 7) is 8.84. The van der Waals surface area contributed by atoms with Crippen LogP contribution in [0.15, 0.2) is 90.7 Å². The van der Waals surface area contributed by atoms with Crippen molar-refractivity contribution in [2.45, 2.75) is 26.3 Å². The van der Waals surface area contributed by atoms with Crippen molar-refractivity contribution in [2.24, 2.45) is 0 Å². The summed E-state index contributed by atoms with van der Waals surface area (Å²) in [5.41, 5.74) is 4.62. The molecule has 0 radical (unpaired) electrons. The Morgan fingerprint density at radius 1 is 1.22 bits per heavy atom. The molecular formula is C30H28ClN3O3. The van der Waals surface area contributed by atoms with Gasteiger partial charge in [0.15, 0.2) is 0 Å². The average molecular weight is 514 g/mol. The van der Waals surface area contributed by atoms with Crippen LogP contribution in [0.25, 0.3) is 21.8 Å². The number of rotatable bonds is 6. The van der Waals surface area contributed by atoms with Crippen LogP contribution >= 0.6 is 11.6 Å². The zero-order valence-electron chi connectivity index (χ0n) is 20.8. The third-order valence-electron chi connectivity index (χ3n) is 6.48. The number of allylic oxidation sites excluding steroid dienone is 2. The van der Waals surface area contributed by atoms with Crippen molar-refractivity contribution < 1.29 is 14.3 Å². The Kier molecular flexibility index (Phi) is 7.01. The Morgan fingerprint density at radius 3 is 2.86 bits per heavy atom.